The summed E-state index contributed by atoms with van der Waals surface area (Å²) < 4.78 is 22.6. The molecule has 120 valence electrons. The third kappa shape index (κ3) is 2.91. The molecule has 1 heterocycles. The fraction of sp³-hybridized carbons (Fsp3) is 0.389. The number of aryl methyl sites for hydroxylation is 2. The number of benzene rings is 1. The van der Waals surface area contributed by atoms with E-state index in [1.807, 2.05) is 18.3 Å². The van der Waals surface area contributed by atoms with Gasteiger partial charge in [-0.25, -0.2) is 13.6 Å². The number of hydrogen-bond donors (Lipinski definition) is 1. The van der Waals surface area contributed by atoms with Gasteiger partial charge in [0.1, 0.15) is 0 Å². The van der Waals surface area contributed by atoms with E-state index < -0.39 is 10.0 Å². The van der Waals surface area contributed by atoms with Crippen molar-refractivity contribution in [3.05, 3.63) is 58.9 Å². The Morgan fingerprint density at radius 2 is 1.70 bits per heavy atom. The Kier molecular flexibility index (Phi) is 3.50. The molecular formula is C18H20N2O2S. The van der Waals surface area contributed by atoms with Crippen molar-refractivity contribution >= 4 is 10.0 Å². The first-order chi connectivity index (χ1) is 11.0. The molecule has 5 heteroatoms. The third-order valence-corrected chi connectivity index (χ3v) is 5.98. The van der Waals surface area contributed by atoms with Gasteiger partial charge in [0.25, 0.3) is 0 Å². The fourth-order valence-electron chi connectivity index (χ4n) is 3.65. The van der Waals surface area contributed by atoms with Crippen molar-refractivity contribution in [2.75, 3.05) is 0 Å². The minimum Gasteiger partial charge on any atom is -0.261 e. The van der Waals surface area contributed by atoms with Gasteiger partial charge in [-0.15, -0.1) is 0 Å². The number of hydrogen-bond acceptors (Lipinski definition) is 3. The summed E-state index contributed by atoms with van der Waals surface area (Å²) in [4.78, 5) is 4.83. The molecule has 0 spiro atoms. The Morgan fingerprint density at radius 1 is 1.00 bits per heavy atom. The van der Waals surface area contributed by atoms with Gasteiger partial charge in [0.15, 0.2) is 0 Å². The van der Waals surface area contributed by atoms with Crippen molar-refractivity contribution in [2.24, 2.45) is 5.14 Å². The van der Waals surface area contributed by atoms with Gasteiger partial charge in [0.2, 0.25) is 10.0 Å². The highest BCUT2D eigenvalue weighted by atomic mass is 32.2. The van der Waals surface area contributed by atoms with E-state index in [9.17, 15) is 8.42 Å². The topological polar surface area (TPSA) is 73.1 Å². The molecule has 1 fully saturated rings. The van der Waals surface area contributed by atoms with Crippen LogP contribution >= 0.6 is 0 Å². The Hall–Kier alpha value is -1.72. The Morgan fingerprint density at radius 3 is 2.43 bits per heavy atom. The summed E-state index contributed by atoms with van der Waals surface area (Å²) >= 11 is 0. The zero-order valence-electron chi connectivity index (χ0n) is 12.9. The third-order valence-electron chi connectivity index (χ3n) is 5.05. The summed E-state index contributed by atoms with van der Waals surface area (Å²) in [6.45, 7) is 0. The number of fused-ring (bicyclic) bond motifs is 1. The zero-order chi connectivity index (χ0) is 16.0. The Balaban J connectivity index is 1.54. The van der Waals surface area contributed by atoms with Gasteiger partial charge in [-0.3, -0.25) is 4.98 Å². The minimum atomic E-state index is -3.61. The zero-order valence-corrected chi connectivity index (χ0v) is 13.7. The summed E-state index contributed by atoms with van der Waals surface area (Å²) in [7, 11) is -3.61. The number of sulfonamides is 1. The van der Waals surface area contributed by atoms with E-state index in [4.69, 9.17) is 5.14 Å². The molecule has 2 N–H and O–H groups in total. The average Bonchev–Trinajstić information content (AvgIpc) is 3.34. The van der Waals surface area contributed by atoms with Gasteiger partial charge in [0, 0.05) is 11.9 Å². The summed E-state index contributed by atoms with van der Waals surface area (Å²) in [6.07, 6.45) is 7.92. The SMILES string of the molecule is NS(=O)(=O)c1ccc(C2CC2c2cnc3c(c2)CCCC3)cc1. The van der Waals surface area contributed by atoms with Gasteiger partial charge in [0.05, 0.1) is 4.90 Å². The normalized spacial score (nSPS) is 23.3. The molecule has 4 rings (SSSR count). The van der Waals surface area contributed by atoms with Crippen molar-refractivity contribution in [1.82, 2.24) is 4.98 Å². The van der Waals surface area contributed by atoms with Crippen LogP contribution in [-0.2, 0) is 22.9 Å². The standard InChI is InChI=1S/C18H20N2O2S/c19-23(21,22)15-7-5-12(6-8-15)16-10-17(16)14-9-13-3-1-2-4-18(13)20-11-14/h5-9,11,16-17H,1-4,10H2,(H2,19,21,22). The number of primary sulfonamides is 1. The lowest BCUT2D eigenvalue weighted by atomic mass is 9.94. The van der Waals surface area contributed by atoms with Crippen LogP contribution < -0.4 is 5.14 Å². The number of aromatic nitrogens is 1. The predicted octanol–water partition coefficient (Wildman–Crippen LogP) is 2.88. The molecule has 4 nitrogen and oxygen atoms in total. The maximum atomic E-state index is 11.3. The molecule has 1 aromatic heterocycles. The average molecular weight is 328 g/mol. The number of nitrogens with two attached hydrogens (primary N) is 1. The largest absolute Gasteiger partial charge is 0.261 e. The van der Waals surface area contributed by atoms with Gasteiger partial charge in [-0.1, -0.05) is 18.2 Å². The van der Waals surface area contributed by atoms with Crippen LogP contribution in [0, 0.1) is 0 Å². The van der Waals surface area contributed by atoms with E-state index in [-0.39, 0.29) is 4.90 Å². The molecule has 0 aliphatic heterocycles. The molecule has 2 unspecified atom stereocenters. The quantitative estimate of drug-likeness (QED) is 0.941. The van der Waals surface area contributed by atoms with Crippen LogP contribution in [0.1, 0.15) is 53.5 Å². The monoisotopic (exact) mass is 328 g/mol. The van der Waals surface area contributed by atoms with Crippen LogP contribution in [0.25, 0.3) is 0 Å². The summed E-state index contributed by atoms with van der Waals surface area (Å²) in [6, 6.07) is 9.31. The van der Waals surface area contributed by atoms with Gasteiger partial charge in [-0.05, 0) is 72.8 Å². The summed E-state index contributed by atoms with van der Waals surface area (Å²) in [5.41, 5.74) is 5.20. The summed E-state index contributed by atoms with van der Waals surface area (Å²) in [5, 5.41) is 5.15. The lowest BCUT2D eigenvalue weighted by molar-refractivity contribution is 0.598. The molecule has 2 atom stereocenters. The number of rotatable bonds is 3. The number of pyridine rings is 1. The maximum absolute atomic E-state index is 11.3. The maximum Gasteiger partial charge on any atom is 0.238 e. The molecule has 23 heavy (non-hydrogen) atoms. The van der Waals surface area contributed by atoms with Crippen LogP contribution in [0.4, 0.5) is 0 Å². The molecular weight excluding hydrogens is 308 g/mol. The Bertz CT molecular complexity index is 844. The van der Waals surface area contributed by atoms with Crippen LogP contribution in [0.15, 0.2) is 41.4 Å². The second-order valence-electron chi connectivity index (χ2n) is 6.64. The van der Waals surface area contributed by atoms with Crippen molar-refractivity contribution in [2.45, 2.75) is 48.8 Å². The first kappa shape index (κ1) is 14.8. The van der Waals surface area contributed by atoms with E-state index in [1.165, 1.54) is 35.2 Å². The predicted molar refractivity (Wildman–Crippen MR) is 88.8 cm³/mol. The van der Waals surface area contributed by atoms with Crippen LogP contribution in [0.3, 0.4) is 0 Å². The van der Waals surface area contributed by atoms with E-state index in [1.54, 1.807) is 12.1 Å². The molecule has 1 saturated carbocycles. The first-order valence-corrected chi connectivity index (χ1v) is 9.67. The van der Waals surface area contributed by atoms with Crippen molar-refractivity contribution in [1.29, 1.82) is 0 Å². The molecule has 0 radical (unpaired) electrons. The van der Waals surface area contributed by atoms with Crippen LogP contribution in [0.5, 0.6) is 0 Å². The van der Waals surface area contributed by atoms with E-state index >= 15 is 0 Å². The molecule has 2 aliphatic rings. The smallest absolute Gasteiger partial charge is 0.238 e. The minimum absolute atomic E-state index is 0.175. The first-order valence-electron chi connectivity index (χ1n) is 8.13. The van der Waals surface area contributed by atoms with E-state index in [0.717, 1.165) is 19.3 Å². The van der Waals surface area contributed by atoms with Crippen LogP contribution in [0.2, 0.25) is 0 Å². The number of nitrogens with zero attached hydrogens (tertiary/aromatic N) is 1. The molecule has 0 saturated heterocycles. The summed E-state index contributed by atoms with van der Waals surface area (Å²) in [5.74, 6) is 0.975. The van der Waals surface area contributed by atoms with E-state index in [2.05, 4.69) is 11.1 Å². The van der Waals surface area contributed by atoms with Crippen molar-refractivity contribution in [3.63, 3.8) is 0 Å². The van der Waals surface area contributed by atoms with Gasteiger partial charge >= 0.3 is 0 Å². The second kappa shape index (κ2) is 5.42. The highest BCUT2D eigenvalue weighted by molar-refractivity contribution is 7.89. The van der Waals surface area contributed by atoms with Gasteiger partial charge in [-0.2, -0.15) is 0 Å². The second-order valence-corrected chi connectivity index (χ2v) is 8.21. The highest BCUT2D eigenvalue weighted by Crippen LogP contribution is 2.54. The molecule has 0 bridgehead atoms. The molecule has 0 amide bonds. The highest BCUT2D eigenvalue weighted by Gasteiger charge is 2.40. The molecule has 1 aromatic carbocycles. The van der Waals surface area contributed by atoms with E-state index in [0.29, 0.717) is 11.8 Å². The van der Waals surface area contributed by atoms with Crippen LogP contribution in [-0.4, -0.2) is 13.4 Å². The lowest BCUT2D eigenvalue weighted by Gasteiger charge is -2.15. The molecule has 2 aromatic rings. The molecule has 2 aliphatic carbocycles. The fourth-order valence-corrected chi connectivity index (χ4v) is 4.16. The van der Waals surface area contributed by atoms with Gasteiger partial charge < -0.3 is 0 Å². The lowest BCUT2D eigenvalue weighted by Crippen LogP contribution is -2.11. The van der Waals surface area contributed by atoms with Crippen molar-refractivity contribution < 1.29 is 8.42 Å². The Labute approximate surface area is 136 Å². The van der Waals surface area contributed by atoms with Crippen molar-refractivity contribution in [3.8, 4) is 0 Å².